The maximum Gasteiger partial charge on any atom is 0.322 e. The van der Waals surface area contributed by atoms with E-state index in [1.165, 1.54) is 7.11 Å². The summed E-state index contributed by atoms with van der Waals surface area (Å²) in [4.78, 5) is 26.5. The van der Waals surface area contributed by atoms with E-state index in [0.29, 0.717) is 49.1 Å². The predicted molar refractivity (Wildman–Crippen MR) is 121 cm³/mol. The number of carboxylic acids is 1. The molecule has 32 heavy (non-hydrogen) atoms. The molecule has 3 rings (SSSR count). The lowest BCUT2D eigenvalue weighted by atomic mass is 9.90. The van der Waals surface area contributed by atoms with Crippen LogP contribution in [0.15, 0.2) is 30.3 Å². The van der Waals surface area contributed by atoms with Crippen molar-refractivity contribution in [2.75, 3.05) is 32.2 Å². The lowest BCUT2D eigenvalue weighted by molar-refractivity contribution is -0.138. The Bertz CT molecular complexity index is 991. The van der Waals surface area contributed by atoms with Crippen LogP contribution in [0.25, 0.3) is 0 Å². The van der Waals surface area contributed by atoms with Gasteiger partial charge in [0.15, 0.2) is 11.5 Å². The molecule has 0 fully saturated rings. The number of anilines is 1. The van der Waals surface area contributed by atoms with Crippen LogP contribution >= 0.6 is 0 Å². The molecule has 0 saturated heterocycles. The predicted octanol–water partition coefficient (Wildman–Crippen LogP) is 4.41. The van der Waals surface area contributed by atoms with Crippen molar-refractivity contribution in [1.82, 2.24) is 4.90 Å². The third-order valence-electron chi connectivity index (χ3n) is 5.39. The highest BCUT2D eigenvalue weighted by molar-refractivity contribution is 5.92. The number of aliphatic carboxylic acids is 1. The second-order valence-corrected chi connectivity index (χ2v) is 7.55. The third-order valence-corrected chi connectivity index (χ3v) is 5.39. The van der Waals surface area contributed by atoms with Gasteiger partial charge >= 0.3 is 12.0 Å². The minimum atomic E-state index is -0.986. The van der Waals surface area contributed by atoms with Gasteiger partial charge in [0.2, 0.25) is 0 Å². The first-order chi connectivity index (χ1) is 15.4. The average molecular weight is 443 g/mol. The fourth-order valence-electron chi connectivity index (χ4n) is 3.98. The summed E-state index contributed by atoms with van der Waals surface area (Å²) in [5, 5.41) is 12.5. The number of hydrogen-bond donors (Lipinski definition) is 2. The first-order valence-electron chi connectivity index (χ1n) is 10.7. The number of methoxy groups -OCH3 is 1. The number of ether oxygens (including phenoxy) is 3. The van der Waals surface area contributed by atoms with Crippen LogP contribution < -0.4 is 19.5 Å². The number of carbonyl (C=O) groups is 2. The van der Waals surface area contributed by atoms with Crippen molar-refractivity contribution < 1.29 is 28.9 Å². The van der Waals surface area contributed by atoms with E-state index in [9.17, 15) is 14.7 Å². The van der Waals surface area contributed by atoms with E-state index in [0.717, 1.165) is 16.7 Å². The zero-order valence-corrected chi connectivity index (χ0v) is 18.9. The van der Waals surface area contributed by atoms with E-state index in [1.807, 2.05) is 45.0 Å². The Kier molecular flexibility index (Phi) is 7.45. The molecule has 172 valence electrons. The molecule has 0 aliphatic carbocycles. The summed E-state index contributed by atoms with van der Waals surface area (Å²) in [7, 11) is 1.54. The van der Waals surface area contributed by atoms with Gasteiger partial charge in [0, 0.05) is 6.54 Å². The molecule has 2 amide bonds. The molecule has 1 aliphatic heterocycles. The number of amides is 2. The van der Waals surface area contributed by atoms with E-state index in [-0.39, 0.29) is 12.5 Å². The first kappa shape index (κ1) is 23.2. The van der Waals surface area contributed by atoms with Crippen molar-refractivity contribution in [3.63, 3.8) is 0 Å². The summed E-state index contributed by atoms with van der Waals surface area (Å²) < 4.78 is 16.8. The lowest BCUT2D eigenvalue weighted by Gasteiger charge is -2.37. The minimum absolute atomic E-state index is 0.217. The van der Waals surface area contributed by atoms with Crippen molar-refractivity contribution in [3.05, 3.63) is 47.0 Å². The molecule has 2 N–H and O–H groups in total. The monoisotopic (exact) mass is 442 g/mol. The summed E-state index contributed by atoms with van der Waals surface area (Å²) in [6.45, 7) is 7.01. The van der Waals surface area contributed by atoms with Gasteiger partial charge in [-0.05, 0) is 68.1 Å². The molecule has 1 heterocycles. The summed E-state index contributed by atoms with van der Waals surface area (Å²) in [6, 6.07) is 8.20. The van der Waals surface area contributed by atoms with Crippen molar-refractivity contribution in [3.8, 4) is 17.2 Å². The standard InChI is InChI=1S/C24H30N2O6/c1-5-31-21-12-16-9-10-26(19(14-23(27)28)17(16)13-22(21)32-6-2)24(29)25-18-11-15(3)7-8-20(18)30-4/h7-8,11-13,19H,5-6,9-10,14H2,1-4H3,(H,25,29)(H,27,28)/t19-/m0/s1. The van der Waals surface area contributed by atoms with E-state index in [4.69, 9.17) is 14.2 Å². The second-order valence-electron chi connectivity index (χ2n) is 7.55. The number of rotatable bonds is 8. The molecular formula is C24H30N2O6. The molecule has 1 aliphatic rings. The molecule has 2 aromatic rings. The van der Waals surface area contributed by atoms with Crippen molar-refractivity contribution in [2.24, 2.45) is 0 Å². The molecule has 0 radical (unpaired) electrons. The van der Waals surface area contributed by atoms with Gasteiger partial charge in [-0.2, -0.15) is 0 Å². The van der Waals surface area contributed by atoms with Crippen LogP contribution in [0.2, 0.25) is 0 Å². The zero-order valence-electron chi connectivity index (χ0n) is 18.9. The van der Waals surface area contributed by atoms with Gasteiger partial charge in [-0.3, -0.25) is 4.79 Å². The van der Waals surface area contributed by atoms with Gasteiger partial charge in [-0.15, -0.1) is 0 Å². The Morgan fingerprint density at radius 3 is 2.41 bits per heavy atom. The van der Waals surface area contributed by atoms with E-state index >= 15 is 0 Å². The van der Waals surface area contributed by atoms with Crippen LogP contribution in [0, 0.1) is 6.92 Å². The lowest BCUT2D eigenvalue weighted by Crippen LogP contribution is -2.43. The van der Waals surface area contributed by atoms with E-state index < -0.39 is 12.0 Å². The quantitative estimate of drug-likeness (QED) is 0.629. The van der Waals surface area contributed by atoms with Crippen LogP contribution in [-0.2, 0) is 11.2 Å². The van der Waals surface area contributed by atoms with Gasteiger partial charge in [0.25, 0.3) is 0 Å². The molecular weight excluding hydrogens is 412 g/mol. The molecule has 8 heteroatoms. The van der Waals surface area contributed by atoms with Crippen LogP contribution in [0.5, 0.6) is 17.2 Å². The van der Waals surface area contributed by atoms with Gasteiger partial charge in [-0.25, -0.2) is 4.79 Å². The van der Waals surface area contributed by atoms with Crippen LogP contribution in [0.1, 0.15) is 43.0 Å². The normalized spacial score (nSPS) is 15.0. The largest absolute Gasteiger partial charge is 0.495 e. The highest BCUT2D eigenvalue weighted by atomic mass is 16.5. The summed E-state index contributed by atoms with van der Waals surface area (Å²) in [5.41, 5.74) is 3.23. The molecule has 8 nitrogen and oxygen atoms in total. The zero-order chi connectivity index (χ0) is 23.3. The molecule has 0 spiro atoms. The Hall–Kier alpha value is -3.42. The van der Waals surface area contributed by atoms with Crippen LogP contribution in [0.4, 0.5) is 10.5 Å². The smallest absolute Gasteiger partial charge is 0.322 e. The highest BCUT2D eigenvalue weighted by Gasteiger charge is 2.34. The van der Waals surface area contributed by atoms with Crippen molar-refractivity contribution in [1.29, 1.82) is 0 Å². The third kappa shape index (κ3) is 5.07. The number of carbonyl (C=O) groups excluding carboxylic acids is 1. The Balaban J connectivity index is 1.96. The molecule has 1 atom stereocenters. The fraction of sp³-hybridized carbons (Fsp3) is 0.417. The number of nitrogens with zero attached hydrogens (tertiary/aromatic N) is 1. The number of fused-ring (bicyclic) bond motifs is 1. The van der Waals surface area contributed by atoms with E-state index in [2.05, 4.69) is 5.32 Å². The molecule has 2 aromatic carbocycles. The Labute approximate surface area is 188 Å². The first-order valence-corrected chi connectivity index (χ1v) is 10.7. The topological polar surface area (TPSA) is 97.3 Å². The maximum absolute atomic E-state index is 13.2. The molecule has 0 bridgehead atoms. The second kappa shape index (κ2) is 10.3. The average Bonchev–Trinajstić information content (AvgIpc) is 2.74. The molecule has 0 saturated carbocycles. The van der Waals surface area contributed by atoms with Crippen LogP contribution in [-0.4, -0.2) is 48.9 Å². The number of benzene rings is 2. The minimum Gasteiger partial charge on any atom is -0.495 e. The van der Waals surface area contributed by atoms with Gasteiger partial charge in [0.05, 0.1) is 38.5 Å². The van der Waals surface area contributed by atoms with Gasteiger partial charge in [-0.1, -0.05) is 6.07 Å². The number of nitrogens with one attached hydrogen (secondary N) is 1. The molecule has 0 aromatic heterocycles. The molecule has 0 unspecified atom stereocenters. The van der Waals surface area contributed by atoms with E-state index in [1.54, 1.807) is 11.0 Å². The van der Waals surface area contributed by atoms with Gasteiger partial charge in [0.1, 0.15) is 5.75 Å². The maximum atomic E-state index is 13.2. The highest BCUT2D eigenvalue weighted by Crippen LogP contribution is 2.40. The van der Waals surface area contributed by atoms with Gasteiger partial charge < -0.3 is 29.5 Å². The number of hydrogen-bond acceptors (Lipinski definition) is 5. The Morgan fingerprint density at radius 2 is 1.78 bits per heavy atom. The van der Waals surface area contributed by atoms with Crippen molar-refractivity contribution in [2.45, 2.75) is 39.7 Å². The number of urea groups is 1. The number of carboxylic acid groups (broad SMARTS) is 1. The Morgan fingerprint density at radius 1 is 1.09 bits per heavy atom. The summed E-state index contributed by atoms with van der Waals surface area (Å²) in [6.07, 6.45) is 0.362. The SMILES string of the molecule is CCOc1cc2c(cc1OCC)[C@H](CC(=O)O)N(C(=O)Nc1cc(C)ccc1OC)CC2. The van der Waals surface area contributed by atoms with Crippen LogP contribution in [0.3, 0.4) is 0 Å². The summed E-state index contributed by atoms with van der Waals surface area (Å²) >= 11 is 0. The summed E-state index contributed by atoms with van der Waals surface area (Å²) in [5.74, 6) is 0.729. The van der Waals surface area contributed by atoms with Crippen molar-refractivity contribution >= 4 is 17.7 Å². The fourth-order valence-corrected chi connectivity index (χ4v) is 3.98. The number of aryl methyl sites for hydroxylation is 1.